The molecule has 168 valence electrons. The fourth-order valence-electron chi connectivity index (χ4n) is 2.59. The first-order valence-electron chi connectivity index (χ1n) is 10.1. The molecule has 1 unspecified atom stereocenters. The van der Waals surface area contributed by atoms with E-state index >= 15 is 0 Å². The number of thiazole rings is 1. The smallest absolute Gasteiger partial charge is 0.191 e. The lowest BCUT2D eigenvalue weighted by atomic mass is 9.93. The molecule has 0 saturated heterocycles. The van der Waals surface area contributed by atoms with Crippen molar-refractivity contribution < 1.29 is 9.84 Å². The maximum Gasteiger partial charge on any atom is 0.191 e. The van der Waals surface area contributed by atoms with Crippen LogP contribution in [0.2, 0.25) is 0 Å². The van der Waals surface area contributed by atoms with E-state index in [0.29, 0.717) is 19.0 Å². The number of aliphatic hydroxyl groups excluding tert-OH is 1. The summed E-state index contributed by atoms with van der Waals surface area (Å²) in [5.41, 5.74) is 1.94. The normalized spacial score (nSPS) is 13.0. The molecular formula is C22H35IN4O2S. The average molecular weight is 547 g/mol. The number of aromatic nitrogens is 1. The monoisotopic (exact) mass is 546 g/mol. The molecule has 0 spiro atoms. The minimum absolute atomic E-state index is 0. The second-order valence-corrected chi connectivity index (χ2v) is 9.15. The lowest BCUT2D eigenvalue weighted by Gasteiger charge is -2.17. The van der Waals surface area contributed by atoms with E-state index in [0.717, 1.165) is 28.6 Å². The highest BCUT2D eigenvalue weighted by molar-refractivity contribution is 14.0. The Morgan fingerprint density at radius 1 is 1.27 bits per heavy atom. The van der Waals surface area contributed by atoms with Crippen LogP contribution in [0.4, 0.5) is 0 Å². The zero-order valence-electron chi connectivity index (χ0n) is 18.7. The number of ether oxygens (including phenoxy) is 1. The van der Waals surface area contributed by atoms with Crippen molar-refractivity contribution in [3.63, 3.8) is 0 Å². The maximum atomic E-state index is 10.6. The number of aliphatic imine (C=N–C) groups is 1. The topological polar surface area (TPSA) is 78.8 Å². The number of hydrogen-bond acceptors (Lipinski definition) is 5. The Balaban J connectivity index is 0.00000450. The highest BCUT2D eigenvalue weighted by Gasteiger charge is 2.17. The molecule has 2 aromatic rings. The number of nitrogens with zero attached hydrogens (tertiary/aromatic N) is 2. The molecule has 0 aliphatic rings. The number of nitrogens with one attached hydrogen (secondary N) is 2. The van der Waals surface area contributed by atoms with Gasteiger partial charge in [-0.2, -0.15) is 0 Å². The van der Waals surface area contributed by atoms with E-state index in [-0.39, 0.29) is 35.5 Å². The molecule has 0 amide bonds. The number of benzene rings is 1. The van der Waals surface area contributed by atoms with E-state index in [1.165, 1.54) is 0 Å². The first-order chi connectivity index (χ1) is 13.7. The molecule has 6 nitrogen and oxygen atoms in total. The largest absolute Gasteiger partial charge is 0.491 e. The van der Waals surface area contributed by atoms with Gasteiger partial charge in [-0.3, -0.25) is 0 Å². The molecular weight excluding hydrogens is 511 g/mol. The fourth-order valence-corrected chi connectivity index (χ4v) is 3.54. The Morgan fingerprint density at radius 3 is 2.60 bits per heavy atom. The highest BCUT2D eigenvalue weighted by Crippen LogP contribution is 2.24. The Morgan fingerprint density at radius 2 is 2.00 bits per heavy atom. The Kier molecular flexibility index (Phi) is 11.1. The number of aliphatic hydroxyl groups is 1. The summed E-state index contributed by atoms with van der Waals surface area (Å²) in [7, 11) is 0. The van der Waals surface area contributed by atoms with Gasteiger partial charge in [0.25, 0.3) is 0 Å². The first-order valence-corrected chi connectivity index (χ1v) is 11.0. The molecule has 1 aromatic carbocycles. The van der Waals surface area contributed by atoms with Gasteiger partial charge in [-0.25, -0.2) is 9.98 Å². The zero-order valence-corrected chi connectivity index (χ0v) is 21.9. The van der Waals surface area contributed by atoms with E-state index < -0.39 is 6.10 Å². The van der Waals surface area contributed by atoms with E-state index in [1.54, 1.807) is 11.3 Å². The van der Waals surface area contributed by atoms with Crippen molar-refractivity contribution in [3.05, 3.63) is 45.9 Å². The van der Waals surface area contributed by atoms with Crippen LogP contribution in [0.15, 0.2) is 34.6 Å². The van der Waals surface area contributed by atoms with E-state index in [4.69, 9.17) is 4.74 Å². The SMILES string of the molecule is CCNC(=NCc1nc(C(C)(C)C)cs1)NCC(O)c1cccc(OC(C)C)c1.I. The van der Waals surface area contributed by atoms with Crippen LogP contribution < -0.4 is 15.4 Å². The fraction of sp³-hybridized carbons (Fsp3) is 0.545. The van der Waals surface area contributed by atoms with Crippen molar-refractivity contribution in [1.82, 2.24) is 15.6 Å². The summed E-state index contributed by atoms with van der Waals surface area (Å²) in [4.78, 5) is 9.29. The van der Waals surface area contributed by atoms with Gasteiger partial charge in [0.2, 0.25) is 0 Å². The second kappa shape index (κ2) is 12.5. The number of guanidine groups is 1. The highest BCUT2D eigenvalue weighted by atomic mass is 127. The van der Waals surface area contributed by atoms with Crippen LogP contribution in [0, 0.1) is 0 Å². The molecule has 8 heteroatoms. The molecule has 1 atom stereocenters. The molecule has 0 aliphatic heterocycles. The van der Waals surface area contributed by atoms with Crippen molar-refractivity contribution in [2.45, 2.75) is 65.7 Å². The van der Waals surface area contributed by atoms with Crippen molar-refractivity contribution >= 4 is 41.3 Å². The molecule has 0 bridgehead atoms. The summed E-state index contributed by atoms with van der Waals surface area (Å²) < 4.78 is 5.71. The minimum Gasteiger partial charge on any atom is -0.491 e. The summed E-state index contributed by atoms with van der Waals surface area (Å²) >= 11 is 1.63. The standard InChI is InChI=1S/C22H34N4O2S.HI/c1-7-23-21(25-13-20-26-19(14-29-20)22(4,5)6)24-12-18(27)16-9-8-10-17(11-16)28-15(2)3;/h8-11,14-15,18,27H,7,12-13H2,1-6H3,(H2,23,24,25);1H. The predicted molar refractivity (Wildman–Crippen MR) is 136 cm³/mol. The third-order valence-corrected chi connectivity index (χ3v) is 4.95. The molecule has 3 N–H and O–H groups in total. The van der Waals surface area contributed by atoms with Gasteiger partial charge in [0, 0.05) is 23.9 Å². The molecule has 0 saturated carbocycles. The summed E-state index contributed by atoms with van der Waals surface area (Å²) in [6.07, 6.45) is -0.570. The zero-order chi connectivity index (χ0) is 21.4. The summed E-state index contributed by atoms with van der Waals surface area (Å²) in [6.45, 7) is 14.0. The van der Waals surface area contributed by atoms with Gasteiger partial charge >= 0.3 is 0 Å². The average Bonchev–Trinajstić information content (AvgIpc) is 3.13. The second-order valence-electron chi connectivity index (χ2n) is 8.21. The molecule has 2 rings (SSSR count). The van der Waals surface area contributed by atoms with Gasteiger partial charge in [0.15, 0.2) is 5.96 Å². The van der Waals surface area contributed by atoms with Crippen molar-refractivity contribution in [1.29, 1.82) is 0 Å². The molecule has 0 radical (unpaired) electrons. The lowest BCUT2D eigenvalue weighted by molar-refractivity contribution is 0.179. The number of hydrogen-bond donors (Lipinski definition) is 3. The van der Waals surface area contributed by atoms with E-state index in [9.17, 15) is 5.11 Å². The molecule has 0 aliphatic carbocycles. The third-order valence-electron chi connectivity index (χ3n) is 4.11. The van der Waals surface area contributed by atoms with Crippen LogP contribution in [0.5, 0.6) is 5.75 Å². The maximum absolute atomic E-state index is 10.6. The van der Waals surface area contributed by atoms with Gasteiger partial charge in [-0.1, -0.05) is 32.9 Å². The van der Waals surface area contributed by atoms with Gasteiger partial charge in [0.05, 0.1) is 24.4 Å². The number of halogens is 1. The molecule has 0 fully saturated rings. The molecule has 1 aromatic heterocycles. The third kappa shape index (κ3) is 8.77. The van der Waals surface area contributed by atoms with Crippen molar-refractivity contribution in [2.24, 2.45) is 4.99 Å². The van der Waals surface area contributed by atoms with Crippen molar-refractivity contribution in [3.8, 4) is 5.75 Å². The minimum atomic E-state index is -0.665. The van der Waals surface area contributed by atoms with Crippen LogP contribution in [0.25, 0.3) is 0 Å². The lowest BCUT2D eigenvalue weighted by Crippen LogP contribution is -2.39. The molecule has 30 heavy (non-hydrogen) atoms. The van der Waals surface area contributed by atoms with Gasteiger partial charge in [-0.15, -0.1) is 35.3 Å². The number of rotatable bonds is 8. The first kappa shape index (κ1) is 26.6. The summed E-state index contributed by atoms with van der Waals surface area (Å²) in [5, 5.41) is 20.1. The van der Waals surface area contributed by atoms with Gasteiger partial charge in [0.1, 0.15) is 10.8 Å². The quantitative estimate of drug-likeness (QED) is 0.256. The van der Waals surface area contributed by atoms with Crippen LogP contribution in [-0.4, -0.2) is 35.2 Å². The van der Waals surface area contributed by atoms with Crippen LogP contribution in [-0.2, 0) is 12.0 Å². The van der Waals surface area contributed by atoms with E-state index in [1.807, 2.05) is 45.0 Å². The molecule has 1 heterocycles. The summed E-state index contributed by atoms with van der Waals surface area (Å²) in [5.74, 6) is 1.42. The van der Waals surface area contributed by atoms with E-state index in [2.05, 4.69) is 46.8 Å². The Bertz CT molecular complexity index is 802. The van der Waals surface area contributed by atoms with Crippen molar-refractivity contribution in [2.75, 3.05) is 13.1 Å². The summed E-state index contributed by atoms with van der Waals surface area (Å²) in [6, 6.07) is 7.56. The van der Waals surface area contributed by atoms with Crippen LogP contribution in [0.3, 0.4) is 0 Å². The van der Waals surface area contributed by atoms with Crippen LogP contribution in [0.1, 0.15) is 63.9 Å². The van der Waals surface area contributed by atoms with Crippen LogP contribution >= 0.6 is 35.3 Å². The predicted octanol–water partition coefficient (Wildman–Crippen LogP) is 4.63. The Labute approximate surface area is 201 Å². The van der Waals surface area contributed by atoms with Gasteiger partial charge in [-0.05, 0) is 38.5 Å². The Hall–Kier alpha value is -1.39. The van der Waals surface area contributed by atoms with Gasteiger partial charge < -0.3 is 20.5 Å².